The molecule has 2 aliphatic rings. The molecule has 354 valence electrons. The van der Waals surface area contributed by atoms with Crippen LogP contribution in [-0.2, 0) is 0 Å². The van der Waals surface area contributed by atoms with Gasteiger partial charge in [0.2, 0.25) is 0 Å². The van der Waals surface area contributed by atoms with E-state index < -0.39 is 0 Å². The molecule has 1 atom stereocenters. The lowest BCUT2D eigenvalue weighted by atomic mass is 9.92. The Hall–Kier alpha value is -9.71. The van der Waals surface area contributed by atoms with E-state index in [9.17, 15) is 0 Å². The Labute approximate surface area is 436 Å². The van der Waals surface area contributed by atoms with E-state index in [1.54, 1.807) is 0 Å². The average Bonchev–Trinajstić information content (AvgIpc) is 3.78. The van der Waals surface area contributed by atoms with Crippen LogP contribution in [0.4, 0.5) is 11.4 Å². The number of rotatable bonds is 8. The molecule has 14 rings (SSSR count). The van der Waals surface area contributed by atoms with Gasteiger partial charge in [0.05, 0.1) is 17.1 Å². The Kier molecular flexibility index (Phi) is 10.8. The topological polar surface area (TPSA) is 46.8 Å². The van der Waals surface area contributed by atoms with Crippen LogP contribution in [0.3, 0.4) is 0 Å². The van der Waals surface area contributed by atoms with E-state index in [1.807, 2.05) is 24.3 Å². The van der Waals surface area contributed by atoms with Crippen molar-refractivity contribution in [3.8, 4) is 95.5 Å². The van der Waals surface area contributed by atoms with Gasteiger partial charge < -0.3 is 9.47 Å². The maximum absolute atomic E-state index is 5.18. The lowest BCUT2D eigenvalue weighted by Gasteiger charge is -2.33. The second-order valence-corrected chi connectivity index (χ2v) is 19.6. The summed E-state index contributed by atoms with van der Waals surface area (Å²) in [4.78, 5) is 17.9. The summed E-state index contributed by atoms with van der Waals surface area (Å²) in [5, 5.41) is 2.43. The highest BCUT2D eigenvalue weighted by molar-refractivity contribution is 6.15. The minimum Gasteiger partial charge on any atom is -0.333 e. The number of benzene rings is 10. The van der Waals surface area contributed by atoms with Crippen molar-refractivity contribution in [1.29, 1.82) is 0 Å². The molecule has 3 heterocycles. The fourth-order valence-electron chi connectivity index (χ4n) is 11.4. The van der Waals surface area contributed by atoms with Crippen LogP contribution in [0, 0.1) is 6.92 Å². The molecule has 1 unspecified atom stereocenters. The van der Waals surface area contributed by atoms with Crippen molar-refractivity contribution in [2.75, 3.05) is 4.90 Å². The van der Waals surface area contributed by atoms with Gasteiger partial charge in [0.15, 0.2) is 17.5 Å². The molecule has 2 aromatic heterocycles. The molecule has 1 aliphatic carbocycles. The molecule has 5 nitrogen and oxygen atoms in total. The van der Waals surface area contributed by atoms with Gasteiger partial charge in [-0.15, -0.1) is 0 Å². The Morgan fingerprint density at radius 2 is 0.880 bits per heavy atom. The van der Waals surface area contributed by atoms with Gasteiger partial charge in [-0.3, -0.25) is 0 Å². The number of aryl methyl sites for hydroxylation is 1. The first-order valence-corrected chi connectivity index (χ1v) is 25.8. The third-order valence-corrected chi connectivity index (χ3v) is 15.0. The molecule has 5 heteroatoms. The van der Waals surface area contributed by atoms with Crippen molar-refractivity contribution in [2.24, 2.45) is 0 Å². The Morgan fingerprint density at radius 3 is 1.51 bits per heavy atom. The van der Waals surface area contributed by atoms with Gasteiger partial charge in [-0.05, 0) is 124 Å². The zero-order valence-corrected chi connectivity index (χ0v) is 41.3. The summed E-state index contributed by atoms with van der Waals surface area (Å²) in [5.74, 6) is 1.89. The third-order valence-electron chi connectivity index (χ3n) is 15.0. The predicted octanol–water partition coefficient (Wildman–Crippen LogP) is 17.9. The van der Waals surface area contributed by atoms with Gasteiger partial charge in [0.1, 0.15) is 0 Å². The first-order valence-electron chi connectivity index (χ1n) is 25.8. The lowest BCUT2D eigenvalue weighted by Crippen LogP contribution is -2.30. The number of para-hydroxylation sites is 2. The van der Waals surface area contributed by atoms with Crippen molar-refractivity contribution in [2.45, 2.75) is 19.4 Å². The van der Waals surface area contributed by atoms with E-state index in [1.165, 1.54) is 66.6 Å². The number of allylic oxidation sites excluding steroid dienone is 2. The molecule has 0 spiro atoms. The van der Waals surface area contributed by atoms with E-state index in [0.29, 0.717) is 17.5 Å². The summed E-state index contributed by atoms with van der Waals surface area (Å²) >= 11 is 0. The number of nitrogens with zero attached hydrogens (tertiary/aromatic N) is 5. The number of hydrogen-bond donors (Lipinski definition) is 0. The van der Waals surface area contributed by atoms with E-state index >= 15 is 0 Å². The predicted molar refractivity (Wildman–Crippen MR) is 311 cm³/mol. The summed E-state index contributed by atoms with van der Waals surface area (Å²) in [6, 6.07) is 85.3. The van der Waals surface area contributed by atoms with E-state index in [0.717, 1.165) is 56.6 Å². The Morgan fingerprint density at radius 1 is 0.360 bits per heavy atom. The van der Waals surface area contributed by atoms with Crippen LogP contribution in [-0.4, -0.2) is 25.6 Å². The summed E-state index contributed by atoms with van der Waals surface area (Å²) in [7, 11) is 0. The minimum absolute atomic E-state index is 0.191. The van der Waals surface area contributed by atoms with Gasteiger partial charge in [-0.25, -0.2) is 15.0 Å². The first-order chi connectivity index (χ1) is 37.1. The largest absolute Gasteiger partial charge is 0.333 e. The number of aromatic nitrogens is 4. The number of anilines is 2. The molecule has 75 heavy (non-hydrogen) atoms. The second kappa shape index (κ2) is 18.4. The summed E-state index contributed by atoms with van der Waals surface area (Å²) in [5.41, 5.74) is 21.6. The summed E-state index contributed by atoms with van der Waals surface area (Å²) < 4.78 is 2.48. The number of hydrogen-bond acceptors (Lipinski definition) is 4. The molecular weight excluding hydrogens is 911 g/mol. The fourth-order valence-corrected chi connectivity index (χ4v) is 11.4. The van der Waals surface area contributed by atoms with Crippen molar-refractivity contribution in [3.63, 3.8) is 0 Å². The van der Waals surface area contributed by atoms with E-state index in [2.05, 4.69) is 253 Å². The Bertz CT molecular complexity index is 4230. The van der Waals surface area contributed by atoms with Crippen LogP contribution in [0.15, 0.2) is 261 Å². The van der Waals surface area contributed by atoms with Gasteiger partial charge in [0.25, 0.3) is 0 Å². The summed E-state index contributed by atoms with van der Waals surface area (Å²) in [6.07, 6.45) is 9.91. The standard InChI is InChI=1S/C70H49N5/c1-46-40-56(37-38-57(46)52-27-19-29-54(42-52)70-72-68(49-24-10-4-11-25-49)71-69(73-70)53-28-18-26-50(41-53)47-20-6-2-7-21-47)75-66-39-36-51(48-22-8-3-9-23-48)43-62(66)63-44-60-58-32-14-16-34-64(58)74(55-30-12-5-13-31-55)65-35-17-15-33-59(65)61(60)45-67(63)75/h2-30,32-45,55H,31H2,1H3. The second-order valence-electron chi connectivity index (χ2n) is 19.6. The monoisotopic (exact) mass is 959 g/mol. The molecule has 0 radical (unpaired) electrons. The molecule has 0 saturated carbocycles. The van der Waals surface area contributed by atoms with Crippen molar-refractivity contribution in [3.05, 3.63) is 266 Å². The average molecular weight is 960 g/mol. The highest BCUT2D eigenvalue weighted by atomic mass is 15.2. The maximum atomic E-state index is 5.18. The first kappa shape index (κ1) is 44.0. The van der Waals surface area contributed by atoms with Crippen LogP contribution in [0.2, 0.25) is 0 Å². The molecule has 12 aromatic rings. The summed E-state index contributed by atoms with van der Waals surface area (Å²) in [6.45, 7) is 2.23. The van der Waals surface area contributed by atoms with Crippen LogP contribution in [0.5, 0.6) is 0 Å². The van der Waals surface area contributed by atoms with Crippen LogP contribution in [0.1, 0.15) is 12.0 Å². The third kappa shape index (κ3) is 7.85. The van der Waals surface area contributed by atoms with Gasteiger partial charge in [-0.1, -0.05) is 200 Å². The molecule has 10 aromatic carbocycles. The quantitative estimate of drug-likeness (QED) is 0.152. The van der Waals surface area contributed by atoms with Crippen LogP contribution >= 0.6 is 0 Å². The van der Waals surface area contributed by atoms with Crippen molar-refractivity contribution >= 4 is 33.2 Å². The molecule has 0 amide bonds. The zero-order chi connectivity index (χ0) is 49.8. The number of fused-ring (bicyclic) bond motifs is 8. The van der Waals surface area contributed by atoms with Gasteiger partial charge in [0, 0.05) is 55.7 Å². The van der Waals surface area contributed by atoms with Crippen molar-refractivity contribution in [1.82, 2.24) is 19.5 Å². The highest BCUT2D eigenvalue weighted by Crippen LogP contribution is 2.51. The van der Waals surface area contributed by atoms with Gasteiger partial charge >= 0.3 is 0 Å². The highest BCUT2D eigenvalue weighted by Gasteiger charge is 2.30. The molecule has 0 N–H and O–H groups in total. The molecule has 0 bridgehead atoms. The van der Waals surface area contributed by atoms with Gasteiger partial charge in [-0.2, -0.15) is 0 Å². The molecule has 0 saturated heterocycles. The minimum atomic E-state index is 0.191. The van der Waals surface area contributed by atoms with Crippen LogP contribution in [0.25, 0.3) is 117 Å². The Balaban J connectivity index is 0.910. The zero-order valence-electron chi connectivity index (χ0n) is 41.3. The SMILES string of the molecule is Cc1cc(-n2c3ccc(-c4ccccc4)cc3c3cc4c(cc32)-c2ccccc2N(C2C=CC=CC2)c2ccccc2-4)ccc1-c1cccc(-c2nc(-c3ccccc3)nc(-c3cccc(-c4ccccc4)c3)n2)c1. The maximum Gasteiger partial charge on any atom is 0.164 e. The van der Waals surface area contributed by atoms with Crippen LogP contribution < -0.4 is 4.90 Å². The molecule has 1 aliphatic heterocycles. The fraction of sp³-hybridized carbons (Fsp3) is 0.0429. The normalized spacial score (nSPS) is 13.6. The van der Waals surface area contributed by atoms with E-state index in [4.69, 9.17) is 15.0 Å². The molecular formula is C70H49N5. The van der Waals surface area contributed by atoms with Crippen molar-refractivity contribution < 1.29 is 0 Å². The smallest absolute Gasteiger partial charge is 0.164 e. The lowest BCUT2D eigenvalue weighted by molar-refractivity contribution is 0.787. The van der Waals surface area contributed by atoms with E-state index in [-0.39, 0.29) is 6.04 Å². The molecule has 0 fully saturated rings.